The molecule has 3 aromatic heterocycles. The SMILES string of the molecule is CC(=O)NC(Cc1c[nH]c2ccccc12)C(=O)NNC(=O)c1cc(-c2ccco2)nc2ccccc12. The largest absolute Gasteiger partial charge is 0.463 e. The van der Waals surface area contributed by atoms with Gasteiger partial charge in [0.1, 0.15) is 11.7 Å². The molecule has 0 saturated carbocycles. The van der Waals surface area contributed by atoms with Crippen LogP contribution in [-0.4, -0.2) is 33.7 Å². The van der Waals surface area contributed by atoms with E-state index in [4.69, 9.17) is 4.42 Å². The first-order chi connectivity index (χ1) is 17.5. The summed E-state index contributed by atoms with van der Waals surface area (Å²) in [6.45, 7) is 1.34. The van der Waals surface area contributed by atoms with E-state index in [2.05, 4.69) is 26.1 Å². The minimum Gasteiger partial charge on any atom is -0.463 e. The number of aromatic nitrogens is 2. The summed E-state index contributed by atoms with van der Waals surface area (Å²) in [4.78, 5) is 45.7. The molecular formula is C27H23N5O4. The van der Waals surface area contributed by atoms with E-state index < -0.39 is 17.9 Å². The Kier molecular flexibility index (Phi) is 6.19. The van der Waals surface area contributed by atoms with Crippen LogP contribution in [0.5, 0.6) is 0 Å². The number of carbonyl (C=O) groups excluding carboxylic acids is 3. The third kappa shape index (κ3) is 4.67. The van der Waals surface area contributed by atoms with E-state index in [9.17, 15) is 14.4 Å². The van der Waals surface area contributed by atoms with Gasteiger partial charge in [0.2, 0.25) is 5.91 Å². The number of carbonyl (C=O) groups is 3. The van der Waals surface area contributed by atoms with E-state index in [1.807, 2.05) is 36.5 Å². The molecule has 3 amide bonds. The number of fused-ring (bicyclic) bond motifs is 2. The molecule has 5 rings (SSSR count). The van der Waals surface area contributed by atoms with Crippen molar-refractivity contribution in [2.45, 2.75) is 19.4 Å². The molecular weight excluding hydrogens is 458 g/mol. The number of furan rings is 1. The van der Waals surface area contributed by atoms with Crippen LogP contribution in [0.1, 0.15) is 22.8 Å². The molecule has 9 nitrogen and oxygen atoms in total. The average Bonchev–Trinajstić information content (AvgIpc) is 3.57. The van der Waals surface area contributed by atoms with Crippen molar-refractivity contribution in [1.82, 2.24) is 26.1 Å². The van der Waals surface area contributed by atoms with Gasteiger partial charge in [-0.25, -0.2) is 4.98 Å². The maximum Gasteiger partial charge on any atom is 0.270 e. The first kappa shape index (κ1) is 22.9. The van der Waals surface area contributed by atoms with Crippen molar-refractivity contribution in [3.05, 3.63) is 90.3 Å². The van der Waals surface area contributed by atoms with E-state index in [-0.39, 0.29) is 12.3 Å². The highest BCUT2D eigenvalue weighted by Gasteiger charge is 2.23. The van der Waals surface area contributed by atoms with Gasteiger partial charge in [0.05, 0.1) is 17.3 Å². The quantitative estimate of drug-likeness (QED) is 0.276. The standard InChI is InChI=1S/C27H23N5O4/c1-16(33)29-24(13-17-15-28-21-9-4-2-7-18(17)21)27(35)32-31-26(34)20-14-23(25-11-6-12-36-25)30-22-10-5-3-8-19(20)22/h2-12,14-15,24,28H,13H2,1H3,(H,29,33)(H,31,34)(H,32,35). The number of aromatic amines is 1. The number of amides is 3. The lowest BCUT2D eigenvalue weighted by Crippen LogP contribution is -2.52. The average molecular weight is 482 g/mol. The van der Waals surface area contributed by atoms with Crippen LogP contribution in [0.3, 0.4) is 0 Å². The van der Waals surface area contributed by atoms with E-state index in [0.717, 1.165) is 16.5 Å². The van der Waals surface area contributed by atoms with Crippen molar-refractivity contribution < 1.29 is 18.8 Å². The summed E-state index contributed by atoms with van der Waals surface area (Å²) in [7, 11) is 0. The molecule has 0 bridgehead atoms. The van der Waals surface area contributed by atoms with Gasteiger partial charge in [-0.05, 0) is 35.9 Å². The zero-order chi connectivity index (χ0) is 25.1. The molecule has 180 valence electrons. The van der Waals surface area contributed by atoms with Crippen LogP contribution in [0.2, 0.25) is 0 Å². The Balaban J connectivity index is 1.36. The van der Waals surface area contributed by atoms with E-state index in [0.29, 0.717) is 27.9 Å². The monoisotopic (exact) mass is 481 g/mol. The Hall–Kier alpha value is -4.92. The normalized spacial score (nSPS) is 11.8. The number of nitrogens with one attached hydrogen (secondary N) is 4. The van der Waals surface area contributed by atoms with Crippen molar-refractivity contribution in [1.29, 1.82) is 0 Å². The fraction of sp³-hybridized carbons (Fsp3) is 0.111. The maximum absolute atomic E-state index is 13.1. The molecule has 9 heteroatoms. The first-order valence-corrected chi connectivity index (χ1v) is 11.4. The van der Waals surface area contributed by atoms with E-state index in [1.165, 1.54) is 13.2 Å². The lowest BCUT2D eigenvalue weighted by Gasteiger charge is -2.18. The van der Waals surface area contributed by atoms with Crippen LogP contribution in [0.15, 0.2) is 83.6 Å². The number of pyridine rings is 1. The molecule has 1 unspecified atom stereocenters. The summed E-state index contributed by atoms with van der Waals surface area (Å²) < 4.78 is 5.44. The van der Waals surface area contributed by atoms with E-state index in [1.54, 1.807) is 36.4 Å². The Labute approximate surface area is 205 Å². The van der Waals surface area contributed by atoms with Gasteiger partial charge in [-0.1, -0.05) is 36.4 Å². The summed E-state index contributed by atoms with van der Waals surface area (Å²) in [5, 5.41) is 4.24. The molecule has 4 N–H and O–H groups in total. The number of hydrogen-bond donors (Lipinski definition) is 4. The number of H-pyrrole nitrogens is 1. The molecule has 36 heavy (non-hydrogen) atoms. The molecule has 1 atom stereocenters. The number of nitrogens with zero attached hydrogens (tertiary/aromatic N) is 1. The Morgan fingerprint density at radius 2 is 1.75 bits per heavy atom. The lowest BCUT2D eigenvalue weighted by molar-refractivity contribution is -0.128. The van der Waals surface area contributed by atoms with Gasteiger partial charge in [0, 0.05) is 35.8 Å². The van der Waals surface area contributed by atoms with E-state index >= 15 is 0 Å². The second-order valence-electron chi connectivity index (χ2n) is 8.31. The topological polar surface area (TPSA) is 129 Å². The molecule has 0 saturated heterocycles. The molecule has 3 heterocycles. The third-order valence-corrected chi connectivity index (χ3v) is 5.83. The highest BCUT2D eigenvalue weighted by Crippen LogP contribution is 2.25. The zero-order valence-electron chi connectivity index (χ0n) is 19.4. The van der Waals surface area contributed by atoms with Gasteiger partial charge in [-0.15, -0.1) is 0 Å². The van der Waals surface area contributed by atoms with Crippen molar-refractivity contribution in [3.63, 3.8) is 0 Å². The van der Waals surface area contributed by atoms with Crippen LogP contribution < -0.4 is 16.2 Å². The van der Waals surface area contributed by atoms with Crippen molar-refractivity contribution in [2.24, 2.45) is 0 Å². The second kappa shape index (κ2) is 9.75. The Bertz CT molecular complexity index is 1570. The second-order valence-corrected chi connectivity index (χ2v) is 8.31. The summed E-state index contributed by atoms with van der Waals surface area (Å²) in [5.41, 5.74) is 8.16. The van der Waals surface area contributed by atoms with Crippen molar-refractivity contribution >= 4 is 39.5 Å². The minimum absolute atomic E-state index is 0.242. The highest BCUT2D eigenvalue weighted by atomic mass is 16.3. The minimum atomic E-state index is -0.894. The lowest BCUT2D eigenvalue weighted by atomic mass is 10.0. The van der Waals surface area contributed by atoms with Gasteiger partial charge < -0.3 is 14.7 Å². The number of rotatable bonds is 6. The molecule has 0 spiro atoms. The number of para-hydroxylation sites is 2. The van der Waals surface area contributed by atoms with Crippen molar-refractivity contribution in [2.75, 3.05) is 0 Å². The first-order valence-electron chi connectivity index (χ1n) is 11.4. The molecule has 5 aromatic rings. The predicted molar refractivity (Wildman–Crippen MR) is 135 cm³/mol. The molecule has 0 radical (unpaired) electrons. The van der Waals surface area contributed by atoms with Crippen molar-refractivity contribution in [3.8, 4) is 11.5 Å². The van der Waals surface area contributed by atoms with Crippen LogP contribution in [0.4, 0.5) is 0 Å². The smallest absolute Gasteiger partial charge is 0.270 e. The van der Waals surface area contributed by atoms with Crippen LogP contribution in [0, 0.1) is 0 Å². The summed E-state index contributed by atoms with van der Waals surface area (Å²) >= 11 is 0. The molecule has 0 aliphatic carbocycles. The third-order valence-electron chi connectivity index (χ3n) is 5.83. The van der Waals surface area contributed by atoms with Crippen LogP contribution >= 0.6 is 0 Å². The van der Waals surface area contributed by atoms with Crippen LogP contribution in [-0.2, 0) is 16.0 Å². The van der Waals surface area contributed by atoms with Crippen LogP contribution in [0.25, 0.3) is 33.3 Å². The fourth-order valence-corrected chi connectivity index (χ4v) is 4.16. The van der Waals surface area contributed by atoms with Gasteiger partial charge in [-0.3, -0.25) is 25.2 Å². The van der Waals surface area contributed by atoms with Gasteiger partial charge in [-0.2, -0.15) is 0 Å². The Morgan fingerprint density at radius 1 is 0.972 bits per heavy atom. The molecule has 2 aromatic carbocycles. The molecule has 0 aliphatic heterocycles. The maximum atomic E-state index is 13.1. The summed E-state index contributed by atoms with van der Waals surface area (Å²) in [6.07, 6.45) is 3.58. The van der Waals surface area contributed by atoms with Gasteiger partial charge in [0.25, 0.3) is 11.8 Å². The Morgan fingerprint density at radius 3 is 2.53 bits per heavy atom. The number of hydrazine groups is 1. The summed E-state index contributed by atoms with van der Waals surface area (Å²) in [6, 6.07) is 19.1. The fourth-order valence-electron chi connectivity index (χ4n) is 4.16. The number of benzene rings is 2. The van der Waals surface area contributed by atoms with Gasteiger partial charge in [0.15, 0.2) is 5.76 Å². The zero-order valence-corrected chi connectivity index (χ0v) is 19.4. The van der Waals surface area contributed by atoms with Gasteiger partial charge >= 0.3 is 0 Å². The summed E-state index contributed by atoms with van der Waals surface area (Å²) in [5.74, 6) is -0.912. The number of hydrogen-bond acceptors (Lipinski definition) is 5. The molecule has 0 fully saturated rings. The highest BCUT2D eigenvalue weighted by molar-refractivity contribution is 6.07. The molecule has 0 aliphatic rings. The predicted octanol–water partition coefficient (Wildman–Crippen LogP) is 3.48.